The lowest BCUT2D eigenvalue weighted by Crippen LogP contribution is -2.38. The van der Waals surface area contributed by atoms with Crippen molar-refractivity contribution in [1.82, 2.24) is 4.90 Å². The van der Waals surface area contributed by atoms with Crippen LogP contribution in [0.4, 0.5) is 0 Å². The zero-order valence-electron chi connectivity index (χ0n) is 12.6. The number of nitrogens with zero attached hydrogens (tertiary/aromatic N) is 1. The Morgan fingerprint density at radius 3 is 2.86 bits per heavy atom. The third kappa shape index (κ3) is 2.39. The van der Waals surface area contributed by atoms with Gasteiger partial charge in [-0.15, -0.1) is 0 Å². The van der Waals surface area contributed by atoms with E-state index in [0.29, 0.717) is 24.5 Å². The summed E-state index contributed by atoms with van der Waals surface area (Å²) in [5.74, 6) is -0.957. The van der Waals surface area contributed by atoms with Gasteiger partial charge in [0.25, 0.3) is 0 Å². The molecule has 1 N–H and O–H groups in total. The highest BCUT2D eigenvalue weighted by Gasteiger charge is 2.56. The third-order valence-corrected chi connectivity index (χ3v) is 5.56. The van der Waals surface area contributed by atoms with Crippen molar-refractivity contribution in [2.75, 3.05) is 13.1 Å². The molecule has 0 aromatic heterocycles. The van der Waals surface area contributed by atoms with Gasteiger partial charge in [0, 0.05) is 18.1 Å². The van der Waals surface area contributed by atoms with Crippen LogP contribution in [0.25, 0.3) is 0 Å². The molecule has 2 fully saturated rings. The van der Waals surface area contributed by atoms with Crippen LogP contribution in [0.15, 0.2) is 24.3 Å². The van der Waals surface area contributed by atoms with Crippen LogP contribution in [-0.2, 0) is 9.59 Å². The predicted octanol–water partition coefficient (Wildman–Crippen LogP) is 3.16. The zero-order valence-corrected chi connectivity index (χ0v) is 13.3. The number of aliphatic carboxylic acids is 1. The topological polar surface area (TPSA) is 57.6 Å². The number of amides is 1. The second-order valence-electron chi connectivity index (χ2n) is 6.55. The summed E-state index contributed by atoms with van der Waals surface area (Å²) in [6, 6.07) is 7.30. The molecule has 1 aliphatic carbocycles. The van der Waals surface area contributed by atoms with Crippen LogP contribution in [0, 0.1) is 11.3 Å². The van der Waals surface area contributed by atoms with Gasteiger partial charge in [-0.1, -0.05) is 30.2 Å². The maximum Gasteiger partial charge on any atom is 0.311 e. The monoisotopic (exact) mass is 321 g/mol. The highest BCUT2D eigenvalue weighted by molar-refractivity contribution is 6.30. The van der Waals surface area contributed by atoms with Gasteiger partial charge in [-0.3, -0.25) is 9.59 Å². The average Bonchev–Trinajstić information content (AvgIpc) is 3.03. The first-order valence-electron chi connectivity index (χ1n) is 7.72. The molecule has 1 saturated heterocycles. The van der Waals surface area contributed by atoms with Crippen molar-refractivity contribution in [2.45, 2.75) is 32.1 Å². The van der Waals surface area contributed by atoms with Gasteiger partial charge in [0.1, 0.15) is 0 Å². The lowest BCUT2D eigenvalue weighted by molar-refractivity contribution is -0.149. The molecule has 0 radical (unpaired) electrons. The summed E-state index contributed by atoms with van der Waals surface area (Å²) < 4.78 is 0. The van der Waals surface area contributed by atoms with Crippen LogP contribution in [0.2, 0.25) is 5.02 Å². The Balaban J connectivity index is 1.78. The fraction of sp³-hybridized carbons (Fsp3) is 0.529. The first-order chi connectivity index (χ1) is 10.4. The summed E-state index contributed by atoms with van der Waals surface area (Å²) in [6.45, 7) is 2.77. The molecular weight excluding hydrogens is 302 g/mol. The van der Waals surface area contributed by atoms with E-state index >= 15 is 0 Å². The van der Waals surface area contributed by atoms with Crippen LogP contribution in [0.5, 0.6) is 0 Å². The minimum absolute atomic E-state index is 0.00251. The first kappa shape index (κ1) is 15.3. The molecule has 1 aromatic carbocycles. The van der Waals surface area contributed by atoms with E-state index in [2.05, 4.69) is 0 Å². The molecule has 1 unspecified atom stereocenters. The van der Waals surface area contributed by atoms with Crippen molar-refractivity contribution in [3.05, 3.63) is 34.9 Å². The number of hydrogen-bond donors (Lipinski definition) is 1. The Kier molecular flexibility index (Phi) is 3.89. The number of fused-ring (bicyclic) bond motifs is 1. The normalized spacial score (nSPS) is 28.5. The molecule has 1 aromatic rings. The van der Waals surface area contributed by atoms with Gasteiger partial charge < -0.3 is 10.0 Å². The standard InChI is InChI=1S/C17H20ClNO3/c1-11(12-4-2-6-14(18)8-12)15(20)19-9-13-5-3-7-17(13,10-19)16(21)22/h2,4,6,8,11,13H,3,5,7,9-10H2,1H3,(H,21,22)/t11?,13-,17+/m0/s1. The first-order valence-corrected chi connectivity index (χ1v) is 8.09. The number of hydrogen-bond acceptors (Lipinski definition) is 2. The van der Waals surface area contributed by atoms with Gasteiger partial charge in [0.2, 0.25) is 5.91 Å². The van der Waals surface area contributed by atoms with E-state index in [9.17, 15) is 14.7 Å². The van der Waals surface area contributed by atoms with Crippen LogP contribution in [0.1, 0.15) is 37.7 Å². The Labute approximate surface area is 135 Å². The SMILES string of the molecule is CC(C(=O)N1C[C@@H]2CCC[C@@]2(C(=O)O)C1)c1cccc(Cl)c1. The Hall–Kier alpha value is -1.55. The number of rotatable bonds is 3. The molecule has 3 rings (SSSR count). The molecule has 1 amide bonds. The van der Waals surface area contributed by atoms with E-state index in [1.165, 1.54) is 0 Å². The average molecular weight is 322 g/mol. The molecule has 22 heavy (non-hydrogen) atoms. The lowest BCUT2D eigenvalue weighted by atomic mass is 9.81. The van der Waals surface area contributed by atoms with Crippen molar-refractivity contribution < 1.29 is 14.7 Å². The molecule has 1 aliphatic heterocycles. The molecule has 3 atom stereocenters. The number of carbonyl (C=O) groups excluding carboxylic acids is 1. The quantitative estimate of drug-likeness (QED) is 0.930. The van der Waals surface area contributed by atoms with Crippen LogP contribution in [-0.4, -0.2) is 35.0 Å². The van der Waals surface area contributed by atoms with E-state index in [1.54, 1.807) is 17.0 Å². The molecule has 1 saturated carbocycles. The van der Waals surface area contributed by atoms with Gasteiger partial charge in [-0.05, 0) is 43.4 Å². The Morgan fingerprint density at radius 2 is 2.23 bits per heavy atom. The predicted molar refractivity (Wildman–Crippen MR) is 83.9 cm³/mol. The molecular formula is C17H20ClNO3. The summed E-state index contributed by atoms with van der Waals surface area (Å²) >= 11 is 5.99. The molecule has 1 heterocycles. The maximum atomic E-state index is 12.7. The molecule has 2 aliphatic rings. The summed E-state index contributed by atoms with van der Waals surface area (Å²) in [5.41, 5.74) is 0.155. The fourth-order valence-electron chi connectivity index (χ4n) is 4.00. The highest BCUT2D eigenvalue weighted by Crippen LogP contribution is 2.49. The molecule has 0 spiro atoms. The second-order valence-corrected chi connectivity index (χ2v) is 6.98. The van der Waals surface area contributed by atoms with Gasteiger partial charge in [-0.2, -0.15) is 0 Å². The number of carbonyl (C=O) groups is 2. The summed E-state index contributed by atoms with van der Waals surface area (Å²) in [6.07, 6.45) is 2.53. The number of carboxylic acids is 1. The van der Waals surface area contributed by atoms with Gasteiger partial charge in [0.05, 0.1) is 11.3 Å². The largest absolute Gasteiger partial charge is 0.481 e. The number of likely N-dealkylation sites (tertiary alicyclic amines) is 1. The fourth-order valence-corrected chi connectivity index (χ4v) is 4.20. The molecule has 5 heteroatoms. The third-order valence-electron chi connectivity index (χ3n) is 5.33. The minimum atomic E-state index is -0.749. The van der Waals surface area contributed by atoms with Crippen molar-refractivity contribution in [1.29, 1.82) is 0 Å². The van der Waals surface area contributed by atoms with E-state index in [0.717, 1.165) is 18.4 Å². The van der Waals surface area contributed by atoms with Crippen LogP contribution < -0.4 is 0 Å². The van der Waals surface area contributed by atoms with Crippen LogP contribution >= 0.6 is 11.6 Å². The smallest absolute Gasteiger partial charge is 0.311 e. The molecule has 118 valence electrons. The van der Waals surface area contributed by atoms with Crippen molar-refractivity contribution >= 4 is 23.5 Å². The van der Waals surface area contributed by atoms with E-state index in [4.69, 9.17) is 11.6 Å². The lowest BCUT2D eigenvalue weighted by Gasteiger charge is -2.25. The highest BCUT2D eigenvalue weighted by atomic mass is 35.5. The Morgan fingerprint density at radius 1 is 1.45 bits per heavy atom. The van der Waals surface area contributed by atoms with Crippen molar-refractivity contribution in [3.63, 3.8) is 0 Å². The van der Waals surface area contributed by atoms with E-state index in [-0.39, 0.29) is 17.7 Å². The van der Waals surface area contributed by atoms with Crippen molar-refractivity contribution in [2.24, 2.45) is 11.3 Å². The van der Waals surface area contributed by atoms with Gasteiger partial charge in [-0.25, -0.2) is 0 Å². The van der Waals surface area contributed by atoms with Gasteiger partial charge in [0.15, 0.2) is 0 Å². The minimum Gasteiger partial charge on any atom is -0.481 e. The molecule has 4 nitrogen and oxygen atoms in total. The summed E-state index contributed by atoms with van der Waals surface area (Å²) in [7, 11) is 0. The number of benzene rings is 1. The van der Waals surface area contributed by atoms with E-state index in [1.807, 2.05) is 19.1 Å². The molecule has 0 bridgehead atoms. The van der Waals surface area contributed by atoms with E-state index < -0.39 is 11.4 Å². The summed E-state index contributed by atoms with van der Waals surface area (Å²) in [5, 5.41) is 10.2. The van der Waals surface area contributed by atoms with Crippen molar-refractivity contribution in [3.8, 4) is 0 Å². The van der Waals surface area contributed by atoms with Crippen LogP contribution in [0.3, 0.4) is 0 Å². The maximum absolute atomic E-state index is 12.7. The number of carboxylic acid groups (broad SMARTS) is 1. The number of halogens is 1. The second kappa shape index (κ2) is 5.58. The summed E-state index contributed by atoms with van der Waals surface area (Å²) in [4.78, 5) is 26.2. The van der Waals surface area contributed by atoms with Gasteiger partial charge >= 0.3 is 5.97 Å². The Bertz CT molecular complexity index is 618. The zero-order chi connectivity index (χ0) is 15.9.